The number of nitrogens with one attached hydrogen (secondary N) is 1. The average molecular weight is 199 g/mol. The summed E-state index contributed by atoms with van der Waals surface area (Å²) in [5.74, 6) is -1.21. The molecular formula is C7H9N3O4. The normalized spacial score (nSPS) is 9.79. The van der Waals surface area contributed by atoms with E-state index in [1.54, 1.807) is 6.92 Å². The van der Waals surface area contributed by atoms with Crippen LogP contribution in [-0.4, -0.2) is 27.2 Å². The van der Waals surface area contributed by atoms with Crippen LogP contribution < -0.4 is 5.43 Å². The first-order chi connectivity index (χ1) is 6.56. The third-order valence-corrected chi connectivity index (χ3v) is 1.56. The number of carboxylic acid groups (broad SMARTS) is 1. The van der Waals surface area contributed by atoms with E-state index in [0.29, 0.717) is 6.54 Å². The summed E-state index contributed by atoms with van der Waals surface area (Å²) in [6, 6.07) is 1.00. The van der Waals surface area contributed by atoms with Crippen molar-refractivity contribution < 1.29 is 14.8 Å². The second-order valence-electron chi connectivity index (χ2n) is 2.53. The maximum Gasteiger partial charge on any atom is 0.354 e. The SMILES string of the molecule is CCNn1cc([N+](=O)[O-])cc1C(=O)O. The van der Waals surface area contributed by atoms with Gasteiger partial charge in [0.15, 0.2) is 5.69 Å². The minimum absolute atomic E-state index is 0.154. The van der Waals surface area contributed by atoms with Crippen LogP contribution in [0.4, 0.5) is 5.69 Å². The Morgan fingerprint density at radius 3 is 2.86 bits per heavy atom. The van der Waals surface area contributed by atoms with Crippen molar-refractivity contribution >= 4 is 11.7 Å². The molecule has 0 saturated carbocycles. The summed E-state index contributed by atoms with van der Waals surface area (Å²) in [7, 11) is 0. The molecular weight excluding hydrogens is 190 g/mol. The molecule has 0 fully saturated rings. The van der Waals surface area contributed by atoms with E-state index >= 15 is 0 Å². The van der Waals surface area contributed by atoms with Crippen molar-refractivity contribution in [2.75, 3.05) is 12.0 Å². The molecule has 0 bridgehead atoms. The lowest BCUT2D eigenvalue weighted by Crippen LogP contribution is -2.18. The van der Waals surface area contributed by atoms with Crippen LogP contribution in [0.1, 0.15) is 17.4 Å². The summed E-state index contributed by atoms with van der Waals surface area (Å²) < 4.78 is 1.13. The molecule has 0 amide bonds. The minimum Gasteiger partial charge on any atom is -0.477 e. The molecule has 7 heteroatoms. The second-order valence-corrected chi connectivity index (χ2v) is 2.53. The van der Waals surface area contributed by atoms with Gasteiger partial charge in [-0.3, -0.25) is 14.8 Å². The van der Waals surface area contributed by atoms with Gasteiger partial charge < -0.3 is 10.5 Å². The summed E-state index contributed by atoms with van der Waals surface area (Å²) in [4.78, 5) is 20.4. The first kappa shape index (κ1) is 10.0. The van der Waals surface area contributed by atoms with Crippen LogP contribution in [0.25, 0.3) is 0 Å². The monoisotopic (exact) mass is 199 g/mol. The highest BCUT2D eigenvalue weighted by molar-refractivity contribution is 5.87. The van der Waals surface area contributed by atoms with Gasteiger partial charge in [0, 0.05) is 6.54 Å². The fraction of sp³-hybridized carbons (Fsp3) is 0.286. The quantitative estimate of drug-likeness (QED) is 0.548. The highest BCUT2D eigenvalue weighted by Crippen LogP contribution is 2.14. The summed E-state index contributed by atoms with van der Waals surface area (Å²) in [5.41, 5.74) is 2.26. The van der Waals surface area contributed by atoms with Gasteiger partial charge in [-0.05, 0) is 6.92 Å². The molecule has 0 radical (unpaired) electrons. The Hall–Kier alpha value is -2.05. The zero-order valence-corrected chi connectivity index (χ0v) is 7.43. The molecule has 0 aliphatic heterocycles. The van der Waals surface area contributed by atoms with Crippen molar-refractivity contribution in [2.45, 2.75) is 6.92 Å². The average Bonchev–Trinajstić information content (AvgIpc) is 2.49. The molecule has 7 nitrogen and oxygen atoms in total. The summed E-state index contributed by atoms with van der Waals surface area (Å²) >= 11 is 0. The molecule has 0 atom stereocenters. The van der Waals surface area contributed by atoms with E-state index in [1.165, 1.54) is 0 Å². The molecule has 1 heterocycles. The number of hydrogen-bond acceptors (Lipinski definition) is 4. The first-order valence-corrected chi connectivity index (χ1v) is 3.90. The Kier molecular flexibility index (Phi) is 2.70. The van der Waals surface area contributed by atoms with Gasteiger partial charge in [-0.1, -0.05) is 0 Å². The van der Waals surface area contributed by atoms with Crippen LogP contribution >= 0.6 is 0 Å². The van der Waals surface area contributed by atoms with Crippen molar-refractivity contribution in [3.63, 3.8) is 0 Å². The zero-order chi connectivity index (χ0) is 10.7. The molecule has 76 valence electrons. The van der Waals surface area contributed by atoms with Crippen LogP contribution in [0.2, 0.25) is 0 Å². The van der Waals surface area contributed by atoms with E-state index in [-0.39, 0.29) is 11.4 Å². The summed E-state index contributed by atoms with van der Waals surface area (Å²) in [5, 5.41) is 19.1. The van der Waals surface area contributed by atoms with E-state index in [0.717, 1.165) is 16.9 Å². The van der Waals surface area contributed by atoms with E-state index in [2.05, 4.69) is 5.43 Å². The van der Waals surface area contributed by atoms with Crippen molar-refractivity contribution in [3.05, 3.63) is 28.1 Å². The van der Waals surface area contributed by atoms with Crippen molar-refractivity contribution in [1.29, 1.82) is 0 Å². The van der Waals surface area contributed by atoms with Gasteiger partial charge in [-0.15, -0.1) is 0 Å². The summed E-state index contributed by atoms with van der Waals surface area (Å²) in [6.45, 7) is 2.24. The smallest absolute Gasteiger partial charge is 0.354 e. The van der Waals surface area contributed by atoms with Gasteiger partial charge in [0.05, 0.1) is 11.0 Å². The molecule has 0 spiro atoms. The Labute approximate surface area is 79.1 Å². The highest BCUT2D eigenvalue weighted by Gasteiger charge is 2.18. The van der Waals surface area contributed by atoms with Gasteiger partial charge in [-0.25, -0.2) is 4.79 Å². The minimum atomic E-state index is -1.21. The topological polar surface area (TPSA) is 97.4 Å². The molecule has 0 saturated heterocycles. The molecule has 0 aliphatic rings. The van der Waals surface area contributed by atoms with E-state index in [1.807, 2.05) is 0 Å². The Bertz CT molecular complexity index is 371. The van der Waals surface area contributed by atoms with Crippen LogP contribution in [-0.2, 0) is 0 Å². The maximum atomic E-state index is 10.6. The third kappa shape index (κ3) is 1.82. The van der Waals surface area contributed by atoms with Crippen LogP contribution in [0.5, 0.6) is 0 Å². The van der Waals surface area contributed by atoms with E-state index < -0.39 is 10.9 Å². The molecule has 0 aliphatic carbocycles. The zero-order valence-electron chi connectivity index (χ0n) is 7.43. The lowest BCUT2D eigenvalue weighted by Gasteiger charge is -2.05. The molecule has 0 aromatic carbocycles. The summed E-state index contributed by atoms with van der Waals surface area (Å²) in [6.07, 6.45) is 1.13. The van der Waals surface area contributed by atoms with Gasteiger partial charge in [0.2, 0.25) is 0 Å². The van der Waals surface area contributed by atoms with E-state index in [4.69, 9.17) is 5.11 Å². The predicted octanol–water partition coefficient (Wildman–Crippen LogP) is 0.658. The fourth-order valence-corrected chi connectivity index (χ4v) is 1.01. The molecule has 1 aromatic rings. The van der Waals surface area contributed by atoms with Crippen molar-refractivity contribution in [3.8, 4) is 0 Å². The predicted molar refractivity (Wildman–Crippen MR) is 47.9 cm³/mol. The van der Waals surface area contributed by atoms with Crippen LogP contribution in [0.15, 0.2) is 12.3 Å². The largest absolute Gasteiger partial charge is 0.477 e. The lowest BCUT2D eigenvalue weighted by atomic mass is 10.4. The van der Waals surface area contributed by atoms with Crippen molar-refractivity contribution in [2.24, 2.45) is 0 Å². The number of rotatable bonds is 4. The second kappa shape index (κ2) is 3.77. The van der Waals surface area contributed by atoms with Gasteiger partial charge in [-0.2, -0.15) is 0 Å². The number of nitro groups is 1. The van der Waals surface area contributed by atoms with Gasteiger partial charge in [0.25, 0.3) is 5.69 Å². The van der Waals surface area contributed by atoms with E-state index in [9.17, 15) is 14.9 Å². The lowest BCUT2D eigenvalue weighted by molar-refractivity contribution is -0.384. The third-order valence-electron chi connectivity index (χ3n) is 1.56. The van der Waals surface area contributed by atoms with Gasteiger partial charge >= 0.3 is 5.97 Å². The number of hydrogen-bond donors (Lipinski definition) is 2. The standard InChI is InChI=1S/C7H9N3O4/c1-2-8-9-4-5(10(13)14)3-6(9)7(11)12/h3-4,8H,2H2,1H3,(H,11,12). The molecule has 1 rings (SSSR count). The number of carboxylic acids is 1. The Morgan fingerprint density at radius 2 is 2.43 bits per heavy atom. The van der Waals surface area contributed by atoms with Crippen molar-refractivity contribution in [1.82, 2.24) is 4.68 Å². The fourth-order valence-electron chi connectivity index (χ4n) is 1.01. The molecule has 0 unspecified atom stereocenters. The molecule has 1 aromatic heterocycles. The molecule has 14 heavy (non-hydrogen) atoms. The first-order valence-electron chi connectivity index (χ1n) is 3.90. The number of nitrogens with zero attached hydrogens (tertiary/aromatic N) is 2. The maximum absolute atomic E-state index is 10.6. The number of carbonyl (C=O) groups is 1. The Morgan fingerprint density at radius 1 is 1.79 bits per heavy atom. The van der Waals surface area contributed by atoms with Crippen LogP contribution in [0.3, 0.4) is 0 Å². The van der Waals surface area contributed by atoms with Gasteiger partial charge in [0.1, 0.15) is 6.20 Å². The number of aromatic nitrogens is 1. The number of aromatic carboxylic acids is 1. The van der Waals surface area contributed by atoms with Crippen LogP contribution in [0, 0.1) is 10.1 Å². The Balaban J connectivity index is 3.12. The molecule has 2 N–H and O–H groups in total. The highest BCUT2D eigenvalue weighted by atomic mass is 16.6.